The molecule has 2 rings (SSSR count). The van der Waals surface area contributed by atoms with Crippen LogP contribution < -0.4 is 5.32 Å². The molecule has 98 valence electrons. The minimum atomic E-state index is -0.0112. The second-order valence-electron chi connectivity index (χ2n) is 4.39. The van der Waals surface area contributed by atoms with E-state index in [1.807, 2.05) is 31.2 Å². The van der Waals surface area contributed by atoms with Crippen molar-refractivity contribution in [2.24, 2.45) is 0 Å². The lowest BCUT2D eigenvalue weighted by Crippen LogP contribution is -2.24. The highest BCUT2D eigenvalue weighted by Crippen LogP contribution is 2.09. The maximum Gasteiger partial charge on any atom is 0.224 e. The minimum Gasteiger partial charge on any atom is -0.352 e. The molecule has 0 saturated heterocycles. The summed E-state index contributed by atoms with van der Waals surface area (Å²) in [5.74, 6) is -0.0112. The first-order valence-corrected chi connectivity index (χ1v) is 6.44. The molecule has 4 heteroatoms. The Hall–Kier alpha value is -1.87. The molecule has 1 aromatic heterocycles. The molecule has 1 N–H and O–H groups in total. The van der Waals surface area contributed by atoms with Crippen LogP contribution in [-0.2, 0) is 17.8 Å². The van der Waals surface area contributed by atoms with Crippen LogP contribution in [0.5, 0.6) is 0 Å². The number of benzene rings is 1. The monoisotopic (exact) mass is 274 g/mol. The van der Waals surface area contributed by atoms with E-state index in [0.717, 1.165) is 16.8 Å². The molecule has 1 heterocycles. The van der Waals surface area contributed by atoms with Crippen LogP contribution in [0.4, 0.5) is 0 Å². The van der Waals surface area contributed by atoms with E-state index < -0.39 is 0 Å². The summed E-state index contributed by atoms with van der Waals surface area (Å²) in [6.07, 6.45) is 2.13. The number of nitrogens with zero attached hydrogens (tertiary/aromatic N) is 1. The molecule has 0 fully saturated rings. The van der Waals surface area contributed by atoms with E-state index in [-0.39, 0.29) is 5.91 Å². The molecule has 0 unspecified atom stereocenters. The molecule has 0 aliphatic heterocycles. The molecular formula is C15H15ClN2O. The van der Waals surface area contributed by atoms with Gasteiger partial charge in [-0.05, 0) is 36.2 Å². The van der Waals surface area contributed by atoms with Crippen molar-refractivity contribution in [3.05, 3.63) is 64.4 Å². The zero-order chi connectivity index (χ0) is 13.7. The Bertz CT molecular complexity index is 549. The lowest BCUT2D eigenvalue weighted by molar-refractivity contribution is -0.120. The van der Waals surface area contributed by atoms with Gasteiger partial charge in [-0.1, -0.05) is 29.8 Å². The predicted octanol–water partition coefficient (Wildman–Crippen LogP) is 2.90. The van der Waals surface area contributed by atoms with Gasteiger partial charge < -0.3 is 5.32 Å². The van der Waals surface area contributed by atoms with Crippen LogP contribution in [-0.4, -0.2) is 10.9 Å². The topological polar surface area (TPSA) is 42.0 Å². The number of carbonyl (C=O) groups is 1. The van der Waals surface area contributed by atoms with Gasteiger partial charge in [0.05, 0.1) is 6.42 Å². The van der Waals surface area contributed by atoms with Crippen LogP contribution in [0.1, 0.15) is 16.8 Å². The standard InChI is InChI=1S/C15H15ClN2O/c1-11-2-3-13(9-17-11)10-18-15(19)8-12-4-6-14(16)7-5-12/h2-7,9H,8,10H2,1H3,(H,18,19). The summed E-state index contributed by atoms with van der Waals surface area (Å²) in [6, 6.07) is 11.2. The van der Waals surface area contributed by atoms with Crippen molar-refractivity contribution in [1.29, 1.82) is 0 Å². The molecule has 0 aliphatic rings. The summed E-state index contributed by atoms with van der Waals surface area (Å²) in [6.45, 7) is 2.43. The molecule has 0 saturated carbocycles. The van der Waals surface area contributed by atoms with E-state index in [1.165, 1.54) is 0 Å². The van der Waals surface area contributed by atoms with E-state index in [0.29, 0.717) is 18.0 Å². The smallest absolute Gasteiger partial charge is 0.224 e. The SMILES string of the molecule is Cc1ccc(CNC(=O)Cc2ccc(Cl)cc2)cn1. The van der Waals surface area contributed by atoms with Crippen molar-refractivity contribution in [1.82, 2.24) is 10.3 Å². The van der Waals surface area contributed by atoms with Crippen LogP contribution in [0, 0.1) is 6.92 Å². The molecule has 0 aliphatic carbocycles. The second kappa shape index (κ2) is 6.34. The number of halogens is 1. The maximum absolute atomic E-state index is 11.8. The quantitative estimate of drug-likeness (QED) is 0.931. The first-order chi connectivity index (χ1) is 9.13. The number of pyridine rings is 1. The Morgan fingerprint density at radius 1 is 1.16 bits per heavy atom. The van der Waals surface area contributed by atoms with Crippen LogP contribution in [0.3, 0.4) is 0 Å². The Morgan fingerprint density at radius 3 is 2.47 bits per heavy atom. The van der Waals surface area contributed by atoms with Gasteiger partial charge in [-0.25, -0.2) is 0 Å². The number of aryl methyl sites for hydroxylation is 1. The third kappa shape index (κ3) is 4.38. The fraction of sp³-hybridized carbons (Fsp3) is 0.200. The number of amides is 1. The average molecular weight is 275 g/mol. The molecule has 1 aromatic carbocycles. The van der Waals surface area contributed by atoms with Gasteiger partial charge in [0.2, 0.25) is 5.91 Å². The molecule has 19 heavy (non-hydrogen) atoms. The number of hydrogen-bond acceptors (Lipinski definition) is 2. The Labute approximate surface area is 117 Å². The van der Waals surface area contributed by atoms with Crippen LogP contribution in [0.15, 0.2) is 42.6 Å². The van der Waals surface area contributed by atoms with Gasteiger partial charge >= 0.3 is 0 Å². The lowest BCUT2D eigenvalue weighted by atomic mass is 10.1. The van der Waals surface area contributed by atoms with E-state index >= 15 is 0 Å². The van der Waals surface area contributed by atoms with Gasteiger partial charge in [0.25, 0.3) is 0 Å². The van der Waals surface area contributed by atoms with Crippen molar-refractivity contribution in [3.8, 4) is 0 Å². The molecule has 2 aromatic rings. The van der Waals surface area contributed by atoms with Gasteiger partial charge in [-0.15, -0.1) is 0 Å². The predicted molar refractivity (Wildman–Crippen MR) is 76.0 cm³/mol. The van der Waals surface area contributed by atoms with Gasteiger partial charge in [0.15, 0.2) is 0 Å². The molecule has 0 spiro atoms. The number of rotatable bonds is 4. The van der Waals surface area contributed by atoms with E-state index in [4.69, 9.17) is 11.6 Å². The van der Waals surface area contributed by atoms with Crippen LogP contribution in [0.2, 0.25) is 5.02 Å². The fourth-order valence-corrected chi connectivity index (χ4v) is 1.78. The summed E-state index contributed by atoms with van der Waals surface area (Å²) < 4.78 is 0. The number of hydrogen-bond donors (Lipinski definition) is 1. The molecule has 0 bridgehead atoms. The Kier molecular flexibility index (Phi) is 4.53. The van der Waals surface area contributed by atoms with Crippen molar-refractivity contribution in [2.75, 3.05) is 0 Å². The van der Waals surface area contributed by atoms with Gasteiger partial charge in [0.1, 0.15) is 0 Å². The maximum atomic E-state index is 11.8. The third-order valence-corrected chi connectivity index (χ3v) is 2.99. The highest BCUT2D eigenvalue weighted by molar-refractivity contribution is 6.30. The van der Waals surface area contributed by atoms with Gasteiger partial charge in [-0.3, -0.25) is 9.78 Å². The third-order valence-electron chi connectivity index (χ3n) is 2.74. The lowest BCUT2D eigenvalue weighted by Gasteiger charge is -2.05. The zero-order valence-electron chi connectivity index (χ0n) is 10.7. The molecule has 3 nitrogen and oxygen atoms in total. The molecular weight excluding hydrogens is 260 g/mol. The summed E-state index contributed by atoms with van der Waals surface area (Å²) in [5, 5.41) is 3.55. The average Bonchev–Trinajstić information content (AvgIpc) is 2.41. The number of carbonyl (C=O) groups excluding carboxylic acids is 1. The van der Waals surface area contributed by atoms with Crippen molar-refractivity contribution in [3.63, 3.8) is 0 Å². The summed E-state index contributed by atoms with van der Waals surface area (Å²) >= 11 is 5.79. The highest BCUT2D eigenvalue weighted by Gasteiger charge is 2.03. The minimum absolute atomic E-state index is 0.0112. The van der Waals surface area contributed by atoms with Crippen molar-refractivity contribution in [2.45, 2.75) is 19.9 Å². The largest absolute Gasteiger partial charge is 0.352 e. The van der Waals surface area contributed by atoms with Gasteiger partial charge in [0, 0.05) is 23.5 Å². The van der Waals surface area contributed by atoms with Gasteiger partial charge in [-0.2, -0.15) is 0 Å². The highest BCUT2D eigenvalue weighted by atomic mass is 35.5. The fourth-order valence-electron chi connectivity index (χ4n) is 1.65. The Balaban J connectivity index is 1.84. The van der Waals surface area contributed by atoms with Crippen LogP contribution >= 0.6 is 11.6 Å². The summed E-state index contributed by atoms with van der Waals surface area (Å²) in [7, 11) is 0. The Morgan fingerprint density at radius 2 is 1.84 bits per heavy atom. The first-order valence-electron chi connectivity index (χ1n) is 6.06. The summed E-state index contributed by atoms with van der Waals surface area (Å²) in [5.41, 5.74) is 2.91. The normalized spacial score (nSPS) is 10.2. The molecule has 0 radical (unpaired) electrons. The van der Waals surface area contributed by atoms with Crippen molar-refractivity contribution < 1.29 is 4.79 Å². The number of aromatic nitrogens is 1. The van der Waals surface area contributed by atoms with Crippen molar-refractivity contribution >= 4 is 17.5 Å². The summed E-state index contributed by atoms with van der Waals surface area (Å²) in [4.78, 5) is 16.0. The molecule has 1 amide bonds. The molecule has 0 atom stereocenters. The zero-order valence-corrected chi connectivity index (χ0v) is 11.4. The van der Waals surface area contributed by atoms with E-state index in [1.54, 1.807) is 18.3 Å². The number of nitrogens with one attached hydrogen (secondary N) is 1. The first kappa shape index (κ1) is 13.6. The van der Waals surface area contributed by atoms with Crippen LogP contribution in [0.25, 0.3) is 0 Å². The van der Waals surface area contributed by atoms with E-state index in [9.17, 15) is 4.79 Å². The van der Waals surface area contributed by atoms with E-state index in [2.05, 4.69) is 10.3 Å². The second-order valence-corrected chi connectivity index (χ2v) is 4.82.